The summed E-state index contributed by atoms with van der Waals surface area (Å²) >= 11 is 7.63. The molecule has 0 radical (unpaired) electrons. The van der Waals surface area contributed by atoms with Crippen LogP contribution in [-0.2, 0) is 0 Å². The number of anilines is 1. The second-order valence-corrected chi connectivity index (χ2v) is 7.00. The number of fused-ring (bicyclic) bond motifs is 1. The number of nitrogen functional groups attached to an aromatic ring is 1. The van der Waals surface area contributed by atoms with Gasteiger partial charge < -0.3 is 15.5 Å². The molecule has 2 N–H and O–H groups in total. The number of carbonyl (C=O) groups is 1. The van der Waals surface area contributed by atoms with Crippen LogP contribution in [0.5, 0.6) is 0 Å². The first-order chi connectivity index (χ1) is 9.99. The third kappa shape index (κ3) is 2.50. The lowest BCUT2D eigenvalue weighted by molar-refractivity contribution is 0.0578. The van der Waals surface area contributed by atoms with Crippen molar-refractivity contribution in [1.82, 2.24) is 9.80 Å². The molecule has 21 heavy (non-hydrogen) atoms. The van der Waals surface area contributed by atoms with Gasteiger partial charge in [-0.3, -0.25) is 4.79 Å². The molecule has 1 atom stereocenters. The van der Waals surface area contributed by atoms with Gasteiger partial charge in [0, 0.05) is 35.8 Å². The lowest BCUT2D eigenvalue weighted by atomic mass is 10.2. The summed E-state index contributed by atoms with van der Waals surface area (Å²) in [5.41, 5.74) is 6.69. The van der Waals surface area contributed by atoms with Gasteiger partial charge in [0.2, 0.25) is 0 Å². The lowest BCUT2D eigenvalue weighted by Crippen LogP contribution is -2.51. The molecular formula is C15H18ClN3OS. The normalized spacial score (nSPS) is 20.1. The van der Waals surface area contributed by atoms with E-state index in [2.05, 4.69) is 18.9 Å². The van der Waals surface area contributed by atoms with Crippen LogP contribution in [0.2, 0.25) is 5.02 Å². The Morgan fingerprint density at radius 1 is 1.43 bits per heavy atom. The molecule has 1 aromatic heterocycles. The fraction of sp³-hybridized carbons (Fsp3) is 0.400. The van der Waals surface area contributed by atoms with Crippen LogP contribution < -0.4 is 5.73 Å². The molecule has 6 heteroatoms. The minimum Gasteiger partial charge on any atom is -0.397 e. The molecule has 0 spiro atoms. The number of nitrogens with two attached hydrogens (primary N) is 1. The zero-order valence-electron chi connectivity index (χ0n) is 12.1. The summed E-state index contributed by atoms with van der Waals surface area (Å²) in [5, 5.41) is 1.40. The van der Waals surface area contributed by atoms with Crippen LogP contribution >= 0.6 is 22.9 Å². The fourth-order valence-corrected chi connectivity index (χ4v) is 4.11. The van der Waals surface area contributed by atoms with Crippen molar-refractivity contribution in [3.05, 3.63) is 28.1 Å². The highest BCUT2D eigenvalue weighted by Crippen LogP contribution is 2.38. The third-order valence-electron chi connectivity index (χ3n) is 4.14. The smallest absolute Gasteiger partial charge is 0.266 e. The molecule has 3 rings (SSSR count). The third-order valence-corrected chi connectivity index (χ3v) is 5.62. The Bertz CT molecular complexity index is 700. The van der Waals surface area contributed by atoms with Gasteiger partial charge in [-0.1, -0.05) is 17.7 Å². The number of piperazine rings is 1. The predicted molar refractivity (Wildman–Crippen MR) is 89.2 cm³/mol. The Morgan fingerprint density at radius 2 is 2.19 bits per heavy atom. The zero-order valence-corrected chi connectivity index (χ0v) is 13.7. The second kappa shape index (κ2) is 5.48. The van der Waals surface area contributed by atoms with Crippen molar-refractivity contribution in [2.75, 3.05) is 32.4 Å². The van der Waals surface area contributed by atoms with Gasteiger partial charge in [0.1, 0.15) is 4.88 Å². The zero-order chi connectivity index (χ0) is 15.1. The van der Waals surface area contributed by atoms with Crippen LogP contribution in [-0.4, -0.2) is 48.4 Å². The van der Waals surface area contributed by atoms with Gasteiger partial charge in [0.05, 0.1) is 10.7 Å². The molecule has 2 heterocycles. The van der Waals surface area contributed by atoms with Gasteiger partial charge in [-0.25, -0.2) is 0 Å². The number of likely N-dealkylation sites (N-methyl/N-ethyl adjacent to an activating group) is 1. The van der Waals surface area contributed by atoms with Crippen LogP contribution in [0.25, 0.3) is 10.1 Å². The summed E-state index contributed by atoms with van der Waals surface area (Å²) < 4.78 is 0.963. The van der Waals surface area contributed by atoms with E-state index in [1.54, 1.807) is 6.07 Å². The van der Waals surface area contributed by atoms with E-state index in [1.165, 1.54) is 11.3 Å². The number of halogens is 1. The Labute approximate surface area is 133 Å². The number of nitrogens with zero attached hydrogens (tertiary/aromatic N) is 2. The fourth-order valence-electron chi connectivity index (χ4n) is 2.66. The van der Waals surface area contributed by atoms with E-state index in [1.807, 2.05) is 17.0 Å². The average molecular weight is 324 g/mol. The van der Waals surface area contributed by atoms with Crippen LogP contribution in [0.3, 0.4) is 0 Å². The summed E-state index contributed by atoms with van der Waals surface area (Å²) in [7, 11) is 2.08. The highest BCUT2D eigenvalue weighted by Gasteiger charge is 2.28. The van der Waals surface area contributed by atoms with E-state index in [-0.39, 0.29) is 5.91 Å². The van der Waals surface area contributed by atoms with Crippen LogP contribution in [0.1, 0.15) is 16.6 Å². The average Bonchev–Trinajstić information content (AvgIpc) is 2.80. The summed E-state index contributed by atoms with van der Waals surface area (Å²) in [6.45, 7) is 4.49. The van der Waals surface area contributed by atoms with Crippen molar-refractivity contribution in [2.45, 2.75) is 13.0 Å². The van der Waals surface area contributed by atoms with Gasteiger partial charge in [-0.05, 0) is 26.1 Å². The maximum atomic E-state index is 12.7. The number of amides is 1. The van der Waals surface area contributed by atoms with Crippen molar-refractivity contribution in [3.8, 4) is 0 Å². The van der Waals surface area contributed by atoms with Gasteiger partial charge in [-0.2, -0.15) is 0 Å². The summed E-state index contributed by atoms with van der Waals surface area (Å²) in [4.78, 5) is 17.5. The predicted octanol–water partition coefficient (Wildman–Crippen LogP) is 2.91. The van der Waals surface area contributed by atoms with Gasteiger partial charge in [0.15, 0.2) is 0 Å². The molecule has 0 saturated carbocycles. The Kier molecular flexibility index (Phi) is 3.82. The number of benzene rings is 1. The van der Waals surface area contributed by atoms with Crippen LogP contribution in [0, 0.1) is 0 Å². The first kappa shape index (κ1) is 14.6. The maximum absolute atomic E-state index is 12.7. The molecule has 0 bridgehead atoms. The Morgan fingerprint density at radius 3 is 2.86 bits per heavy atom. The monoisotopic (exact) mass is 323 g/mol. The van der Waals surface area contributed by atoms with Crippen molar-refractivity contribution in [3.63, 3.8) is 0 Å². The van der Waals surface area contributed by atoms with E-state index < -0.39 is 0 Å². The van der Waals surface area contributed by atoms with Crippen molar-refractivity contribution in [1.29, 1.82) is 0 Å². The number of hydrogen-bond donors (Lipinski definition) is 1. The minimum atomic E-state index is 0.0183. The van der Waals surface area contributed by atoms with Gasteiger partial charge >= 0.3 is 0 Å². The Balaban J connectivity index is 1.95. The quantitative estimate of drug-likeness (QED) is 0.878. The van der Waals surface area contributed by atoms with Crippen LogP contribution in [0.4, 0.5) is 5.69 Å². The molecule has 1 aliphatic rings. The number of thiophene rings is 1. The molecule has 1 fully saturated rings. The van der Waals surface area contributed by atoms with Crippen molar-refractivity contribution < 1.29 is 4.79 Å². The van der Waals surface area contributed by atoms with Gasteiger partial charge in [0.25, 0.3) is 5.91 Å². The van der Waals surface area contributed by atoms with E-state index in [9.17, 15) is 4.79 Å². The highest BCUT2D eigenvalue weighted by molar-refractivity contribution is 7.21. The van der Waals surface area contributed by atoms with E-state index in [0.29, 0.717) is 21.6 Å². The highest BCUT2D eigenvalue weighted by atomic mass is 35.5. The topological polar surface area (TPSA) is 49.6 Å². The van der Waals surface area contributed by atoms with E-state index >= 15 is 0 Å². The van der Waals surface area contributed by atoms with Crippen molar-refractivity contribution >= 4 is 44.6 Å². The summed E-state index contributed by atoms with van der Waals surface area (Å²) in [5.74, 6) is 0.0183. The molecule has 1 aromatic carbocycles. The molecular weight excluding hydrogens is 306 g/mol. The number of rotatable bonds is 1. The summed E-state index contributed by atoms with van der Waals surface area (Å²) in [6, 6.07) is 6.00. The van der Waals surface area contributed by atoms with Crippen molar-refractivity contribution in [2.24, 2.45) is 0 Å². The molecule has 1 unspecified atom stereocenters. The number of carbonyl (C=O) groups excluding carboxylic acids is 1. The first-order valence-electron chi connectivity index (χ1n) is 6.95. The molecule has 0 aliphatic carbocycles. The lowest BCUT2D eigenvalue weighted by Gasteiger charge is -2.37. The number of hydrogen-bond acceptors (Lipinski definition) is 4. The second-order valence-electron chi connectivity index (χ2n) is 5.54. The van der Waals surface area contributed by atoms with Crippen LogP contribution in [0.15, 0.2) is 18.2 Å². The molecule has 1 aliphatic heterocycles. The maximum Gasteiger partial charge on any atom is 0.266 e. The Hall–Kier alpha value is -1.30. The van der Waals surface area contributed by atoms with E-state index in [4.69, 9.17) is 17.3 Å². The minimum absolute atomic E-state index is 0.0183. The van der Waals surface area contributed by atoms with Gasteiger partial charge in [-0.15, -0.1) is 11.3 Å². The molecule has 112 valence electrons. The first-order valence-corrected chi connectivity index (χ1v) is 8.14. The molecule has 1 saturated heterocycles. The standard InChI is InChI=1S/C15H18ClN3OS/c1-9-8-19(7-6-18(9)2)15(20)14-13(17)12-10(16)4-3-5-11(12)21-14/h3-5,9H,6-8,17H2,1-2H3. The molecule has 1 amide bonds. The molecule has 2 aromatic rings. The molecule has 4 nitrogen and oxygen atoms in total. The largest absolute Gasteiger partial charge is 0.397 e. The SMILES string of the molecule is CC1CN(C(=O)c2sc3cccc(Cl)c3c2N)CCN1C. The summed E-state index contributed by atoms with van der Waals surface area (Å²) in [6.07, 6.45) is 0. The van der Waals surface area contributed by atoms with E-state index in [0.717, 1.165) is 29.7 Å².